The molecule has 0 radical (unpaired) electrons. The van der Waals surface area contributed by atoms with Crippen molar-refractivity contribution >= 4 is 11.8 Å². The van der Waals surface area contributed by atoms with E-state index in [0.717, 1.165) is 25.7 Å². The van der Waals surface area contributed by atoms with Crippen LogP contribution in [0.5, 0.6) is 0 Å². The van der Waals surface area contributed by atoms with Crippen LogP contribution in [0.3, 0.4) is 0 Å². The summed E-state index contributed by atoms with van der Waals surface area (Å²) in [5, 5.41) is 2.51. The molecule has 0 fully saturated rings. The first kappa shape index (κ1) is 14.1. The van der Waals surface area contributed by atoms with E-state index in [1.807, 2.05) is 27.7 Å². The maximum absolute atomic E-state index is 11.6. The summed E-state index contributed by atoms with van der Waals surface area (Å²) >= 11 is 0. The minimum atomic E-state index is -0.114. The van der Waals surface area contributed by atoms with Crippen molar-refractivity contribution < 1.29 is 9.59 Å². The first-order valence-electron chi connectivity index (χ1n) is 5.95. The van der Waals surface area contributed by atoms with Crippen LogP contribution in [-0.2, 0) is 9.59 Å². The van der Waals surface area contributed by atoms with Gasteiger partial charge in [0.15, 0.2) is 0 Å². The lowest BCUT2D eigenvalue weighted by Gasteiger charge is -2.15. The molecule has 0 aliphatic rings. The van der Waals surface area contributed by atoms with Crippen LogP contribution in [0.15, 0.2) is 0 Å². The highest BCUT2D eigenvalue weighted by Gasteiger charge is 2.20. The molecule has 0 unspecified atom stereocenters. The van der Waals surface area contributed by atoms with Gasteiger partial charge in [-0.3, -0.25) is 14.9 Å². The molecule has 0 saturated carbocycles. The van der Waals surface area contributed by atoms with Gasteiger partial charge in [-0.2, -0.15) is 0 Å². The van der Waals surface area contributed by atoms with Crippen molar-refractivity contribution in [1.29, 1.82) is 0 Å². The van der Waals surface area contributed by atoms with Gasteiger partial charge in [0.2, 0.25) is 11.8 Å². The maximum atomic E-state index is 11.6. The molecule has 15 heavy (non-hydrogen) atoms. The second-order valence-electron chi connectivity index (χ2n) is 3.88. The molecule has 2 amide bonds. The Bertz CT molecular complexity index is 184. The van der Waals surface area contributed by atoms with Crippen molar-refractivity contribution in [2.45, 2.75) is 53.4 Å². The molecule has 0 aromatic rings. The van der Waals surface area contributed by atoms with E-state index >= 15 is 0 Å². The van der Waals surface area contributed by atoms with Gasteiger partial charge in [0, 0.05) is 11.8 Å². The highest BCUT2D eigenvalue weighted by molar-refractivity contribution is 5.97. The predicted octanol–water partition coefficient (Wildman–Crippen LogP) is 2.50. The second kappa shape index (κ2) is 7.43. The quantitative estimate of drug-likeness (QED) is 0.737. The molecule has 3 heteroatoms. The average molecular weight is 213 g/mol. The van der Waals surface area contributed by atoms with Crippen LogP contribution in [0.4, 0.5) is 0 Å². The topological polar surface area (TPSA) is 46.2 Å². The van der Waals surface area contributed by atoms with Gasteiger partial charge in [-0.25, -0.2) is 0 Å². The summed E-state index contributed by atoms with van der Waals surface area (Å²) in [6.07, 6.45) is 3.16. The summed E-state index contributed by atoms with van der Waals surface area (Å²) < 4.78 is 0. The molecule has 88 valence electrons. The van der Waals surface area contributed by atoms with Crippen molar-refractivity contribution in [3.8, 4) is 0 Å². The lowest BCUT2D eigenvalue weighted by Crippen LogP contribution is -2.38. The normalized spacial score (nSPS) is 10.8. The van der Waals surface area contributed by atoms with E-state index in [1.165, 1.54) is 0 Å². The summed E-state index contributed by atoms with van der Waals surface area (Å²) in [7, 11) is 0. The largest absolute Gasteiger partial charge is 0.296 e. The van der Waals surface area contributed by atoms with E-state index in [9.17, 15) is 9.59 Å². The number of imide groups is 1. The van der Waals surface area contributed by atoms with Gasteiger partial charge in [0.05, 0.1) is 0 Å². The van der Waals surface area contributed by atoms with Gasteiger partial charge in [0.25, 0.3) is 0 Å². The fourth-order valence-electron chi connectivity index (χ4n) is 1.64. The number of nitrogens with one attached hydrogen (secondary N) is 1. The lowest BCUT2D eigenvalue weighted by molar-refractivity contribution is -0.135. The van der Waals surface area contributed by atoms with E-state index in [4.69, 9.17) is 0 Å². The van der Waals surface area contributed by atoms with Crippen molar-refractivity contribution in [1.82, 2.24) is 5.32 Å². The molecular formula is C12H23NO2. The molecule has 0 rings (SSSR count). The van der Waals surface area contributed by atoms with Crippen LogP contribution in [0.2, 0.25) is 0 Å². The molecule has 0 saturated heterocycles. The number of rotatable bonds is 6. The van der Waals surface area contributed by atoms with Crippen LogP contribution >= 0.6 is 0 Å². The second-order valence-corrected chi connectivity index (χ2v) is 3.88. The SMILES string of the molecule is CCC(CC)C(=O)NC(=O)C(CC)CC. The van der Waals surface area contributed by atoms with E-state index < -0.39 is 0 Å². The number of carbonyl (C=O) groups is 2. The average Bonchev–Trinajstić information content (AvgIpc) is 2.21. The molecule has 0 aromatic carbocycles. The van der Waals surface area contributed by atoms with Crippen molar-refractivity contribution in [2.24, 2.45) is 11.8 Å². The highest BCUT2D eigenvalue weighted by atomic mass is 16.2. The third-order valence-corrected chi connectivity index (χ3v) is 2.96. The lowest BCUT2D eigenvalue weighted by atomic mass is 10.00. The van der Waals surface area contributed by atoms with Gasteiger partial charge in [-0.15, -0.1) is 0 Å². The third-order valence-electron chi connectivity index (χ3n) is 2.96. The molecule has 0 heterocycles. The molecule has 0 aliphatic heterocycles. The maximum Gasteiger partial charge on any atom is 0.229 e. The Balaban J connectivity index is 4.21. The van der Waals surface area contributed by atoms with Crippen LogP contribution in [0, 0.1) is 11.8 Å². The first-order chi connectivity index (χ1) is 7.10. The fourth-order valence-corrected chi connectivity index (χ4v) is 1.64. The first-order valence-corrected chi connectivity index (χ1v) is 5.95. The Kier molecular flexibility index (Phi) is 7.01. The number of carbonyl (C=O) groups excluding carboxylic acids is 2. The predicted molar refractivity (Wildman–Crippen MR) is 61.3 cm³/mol. The zero-order valence-electron chi connectivity index (χ0n) is 10.3. The Labute approximate surface area is 92.6 Å². The Hall–Kier alpha value is -0.860. The standard InChI is InChI=1S/C12H23NO2/c1-5-9(6-2)11(14)13-12(15)10(7-3)8-4/h9-10H,5-8H2,1-4H3,(H,13,14,15). The minimum Gasteiger partial charge on any atom is -0.296 e. The summed E-state index contributed by atoms with van der Waals surface area (Å²) in [4.78, 5) is 23.2. The summed E-state index contributed by atoms with van der Waals surface area (Å²) in [6.45, 7) is 7.87. The van der Waals surface area contributed by atoms with Crippen molar-refractivity contribution in [3.63, 3.8) is 0 Å². The van der Waals surface area contributed by atoms with Crippen LogP contribution < -0.4 is 5.32 Å². The molecule has 0 spiro atoms. The van der Waals surface area contributed by atoms with Crippen LogP contribution in [0.1, 0.15) is 53.4 Å². The van der Waals surface area contributed by atoms with Gasteiger partial charge in [0.1, 0.15) is 0 Å². The zero-order valence-corrected chi connectivity index (χ0v) is 10.3. The smallest absolute Gasteiger partial charge is 0.229 e. The van der Waals surface area contributed by atoms with Crippen molar-refractivity contribution in [3.05, 3.63) is 0 Å². The molecule has 1 N–H and O–H groups in total. The van der Waals surface area contributed by atoms with Gasteiger partial charge in [-0.05, 0) is 25.7 Å². The van der Waals surface area contributed by atoms with Crippen LogP contribution in [0.25, 0.3) is 0 Å². The molecule has 3 nitrogen and oxygen atoms in total. The fraction of sp³-hybridized carbons (Fsp3) is 0.833. The number of hydrogen-bond donors (Lipinski definition) is 1. The Morgan fingerprint density at radius 2 is 1.07 bits per heavy atom. The summed E-state index contributed by atoms with van der Waals surface area (Å²) in [5.74, 6) is -0.277. The zero-order chi connectivity index (χ0) is 11.8. The molecule has 0 aliphatic carbocycles. The summed E-state index contributed by atoms with van der Waals surface area (Å²) in [6, 6.07) is 0. The molecule has 0 bridgehead atoms. The Morgan fingerprint density at radius 3 is 1.27 bits per heavy atom. The highest BCUT2D eigenvalue weighted by Crippen LogP contribution is 2.10. The van der Waals surface area contributed by atoms with Gasteiger partial charge < -0.3 is 0 Å². The molecular weight excluding hydrogens is 190 g/mol. The van der Waals surface area contributed by atoms with E-state index in [0.29, 0.717) is 0 Å². The number of hydrogen-bond acceptors (Lipinski definition) is 2. The van der Waals surface area contributed by atoms with Gasteiger partial charge >= 0.3 is 0 Å². The molecule has 0 aromatic heterocycles. The third kappa shape index (κ3) is 4.45. The molecule has 0 atom stereocenters. The minimum absolute atomic E-state index is 0.0247. The van der Waals surface area contributed by atoms with Crippen LogP contribution in [-0.4, -0.2) is 11.8 Å². The van der Waals surface area contributed by atoms with Crippen molar-refractivity contribution in [2.75, 3.05) is 0 Å². The van der Waals surface area contributed by atoms with E-state index in [1.54, 1.807) is 0 Å². The Morgan fingerprint density at radius 1 is 0.800 bits per heavy atom. The van der Waals surface area contributed by atoms with E-state index in [-0.39, 0.29) is 23.7 Å². The number of amides is 2. The monoisotopic (exact) mass is 213 g/mol. The van der Waals surface area contributed by atoms with E-state index in [2.05, 4.69) is 5.32 Å². The summed E-state index contributed by atoms with van der Waals surface area (Å²) in [5.41, 5.74) is 0. The van der Waals surface area contributed by atoms with Gasteiger partial charge in [-0.1, -0.05) is 27.7 Å².